The number of thioether (sulfide) groups is 1. The van der Waals surface area contributed by atoms with E-state index in [1.807, 2.05) is 25.6 Å². The summed E-state index contributed by atoms with van der Waals surface area (Å²) in [5.41, 5.74) is 0. The maximum Gasteiger partial charge on any atom is 0.0113 e. The van der Waals surface area contributed by atoms with Crippen LogP contribution in [0.25, 0.3) is 0 Å². The molecule has 1 rings (SSSR count). The molecule has 1 heterocycles. The summed E-state index contributed by atoms with van der Waals surface area (Å²) in [5.74, 6) is 2.57. The number of allylic oxidation sites excluding steroid dienone is 1. The molecule has 0 spiro atoms. The van der Waals surface area contributed by atoms with Crippen LogP contribution in [0.5, 0.6) is 0 Å². The predicted octanol–water partition coefficient (Wildman–Crippen LogP) is 2.71. The molecule has 0 bridgehead atoms. The minimum Gasteiger partial charge on any atom is -0.158 e. The van der Waals surface area contributed by atoms with Gasteiger partial charge in [-0.1, -0.05) is 26.0 Å². The molecular formula is C7H14S. The Labute approximate surface area is 56.4 Å². The van der Waals surface area contributed by atoms with Gasteiger partial charge in [0.1, 0.15) is 0 Å². The molecule has 0 saturated heterocycles. The summed E-state index contributed by atoms with van der Waals surface area (Å²) in [5, 5.41) is 0. The van der Waals surface area contributed by atoms with E-state index in [9.17, 15) is 0 Å². The summed E-state index contributed by atoms with van der Waals surface area (Å²) in [6, 6.07) is 0. The van der Waals surface area contributed by atoms with Gasteiger partial charge in [-0.2, -0.15) is 11.8 Å². The molecule has 48 valence electrons. The average Bonchev–Trinajstić information content (AvgIpc) is 1.96. The normalized spacial score (nSPS) is 16.8. The highest BCUT2D eigenvalue weighted by Crippen LogP contribution is 2.07. The van der Waals surface area contributed by atoms with E-state index in [1.165, 1.54) is 17.9 Å². The summed E-state index contributed by atoms with van der Waals surface area (Å²) in [6.45, 7) is 4.00. The Kier molecular flexibility index (Phi) is 7.17. The van der Waals surface area contributed by atoms with Gasteiger partial charge in [0.25, 0.3) is 0 Å². The molecule has 0 amide bonds. The van der Waals surface area contributed by atoms with E-state index in [-0.39, 0.29) is 0 Å². The largest absolute Gasteiger partial charge is 0.158 e. The number of rotatable bonds is 0. The van der Waals surface area contributed by atoms with Crippen LogP contribution in [0.4, 0.5) is 0 Å². The van der Waals surface area contributed by atoms with Gasteiger partial charge in [0.2, 0.25) is 0 Å². The smallest absolute Gasteiger partial charge is 0.0113 e. The van der Waals surface area contributed by atoms with Crippen molar-refractivity contribution in [2.75, 3.05) is 11.5 Å². The molecule has 0 atom stereocenters. The van der Waals surface area contributed by atoms with E-state index >= 15 is 0 Å². The molecule has 0 unspecified atom stereocenters. The SMILES string of the molecule is C1=CCSCC1.CC. The maximum atomic E-state index is 2.25. The minimum atomic E-state index is 1.24. The van der Waals surface area contributed by atoms with Gasteiger partial charge in [0, 0.05) is 5.75 Å². The Morgan fingerprint density at radius 1 is 1.25 bits per heavy atom. The van der Waals surface area contributed by atoms with E-state index in [1.54, 1.807) is 0 Å². The summed E-state index contributed by atoms with van der Waals surface area (Å²) in [4.78, 5) is 0. The predicted molar refractivity (Wildman–Crippen MR) is 42.4 cm³/mol. The third-order valence-corrected chi connectivity index (χ3v) is 1.76. The quantitative estimate of drug-likeness (QED) is 0.454. The van der Waals surface area contributed by atoms with Gasteiger partial charge in [-0.05, 0) is 12.2 Å². The Hall–Kier alpha value is 0.0900. The zero-order chi connectivity index (χ0) is 6.24. The van der Waals surface area contributed by atoms with Crippen LogP contribution < -0.4 is 0 Å². The highest BCUT2D eigenvalue weighted by Gasteiger charge is 1.87. The van der Waals surface area contributed by atoms with Crippen LogP contribution in [-0.2, 0) is 0 Å². The Morgan fingerprint density at radius 3 is 2.12 bits per heavy atom. The molecule has 1 aliphatic rings. The highest BCUT2D eigenvalue weighted by molar-refractivity contribution is 7.99. The minimum absolute atomic E-state index is 1.24. The molecule has 0 fully saturated rings. The Bertz CT molecular complexity index is 49.4. The van der Waals surface area contributed by atoms with E-state index < -0.39 is 0 Å². The fraction of sp³-hybridized carbons (Fsp3) is 0.714. The lowest BCUT2D eigenvalue weighted by molar-refractivity contribution is 1.22. The number of hydrogen-bond donors (Lipinski definition) is 0. The molecule has 0 N–H and O–H groups in total. The lowest BCUT2D eigenvalue weighted by atomic mass is 10.4. The Balaban J connectivity index is 0.000000222. The molecule has 0 aromatic rings. The average molecular weight is 130 g/mol. The summed E-state index contributed by atoms with van der Waals surface area (Å²) >= 11 is 2.01. The maximum absolute atomic E-state index is 2.25. The molecule has 0 aromatic heterocycles. The lowest BCUT2D eigenvalue weighted by Gasteiger charge is -1.97. The van der Waals surface area contributed by atoms with Gasteiger partial charge in [-0.25, -0.2) is 0 Å². The fourth-order valence-corrected chi connectivity index (χ4v) is 1.23. The summed E-state index contributed by atoms with van der Waals surface area (Å²) in [7, 11) is 0. The van der Waals surface area contributed by atoms with Gasteiger partial charge in [-0.15, -0.1) is 0 Å². The van der Waals surface area contributed by atoms with Crippen molar-refractivity contribution in [1.29, 1.82) is 0 Å². The van der Waals surface area contributed by atoms with E-state index in [0.29, 0.717) is 0 Å². The first kappa shape index (κ1) is 8.09. The summed E-state index contributed by atoms with van der Waals surface area (Å²) < 4.78 is 0. The van der Waals surface area contributed by atoms with Crippen molar-refractivity contribution in [3.63, 3.8) is 0 Å². The van der Waals surface area contributed by atoms with Crippen LogP contribution in [0.15, 0.2) is 12.2 Å². The molecule has 8 heavy (non-hydrogen) atoms. The molecule has 1 aliphatic heterocycles. The van der Waals surface area contributed by atoms with Crippen LogP contribution >= 0.6 is 11.8 Å². The van der Waals surface area contributed by atoms with E-state index in [0.717, 1.165) is 0 Å². The van der Waals surface area contributed by atoms with Gasteiger partial charge in [0.15, 0.2) is 0 Å². The lowest BCUT2D eigenvalue weighted by Crippen LogP contribution is -1.83. The fourth-order valence-electron chi connectivity index (χ4n) is 0.489. The zero-order valence-electron chi connectivity index (χ0n) is 5.68. The third kappa shape index (κ3) is 4.25. The van der Waals surface area contributed by atoms with Crippen LogP contribution in [-0.4, -0.2) is 11.5 Å². The van der Waals surface area contributed by atoms with Crippen LogP contribution in [0.2, 0.25) is 0 Å². The van der Waals surface area contributed by atoms with Crippen molar-refractivity contribution in [1.82, 2.24) is 0 Å². The third-order valence-electron chi connectivity index (χ3n) is 0.810. The van der Waals surface area contributed by atoms with Crippen molar-refractivity contribution in [2.45, 2.75) is 20.3 Å². The van der Waals surface area contributed by atoms with Crippen LogP contribution in [0.3, 0.4) is 0 Å². The van der Waals surface area contributed by atoms with Crippen molar-refractivity contribution >= 4 is 11.8 Å². The first-order valence-electron chi connectivity index (χ1n) is 3.23. The molecule has 0 aliphatic carbocycles. The van der Waals surface area contributed by atoms with Crippen molar-refractivity contribution in [3.05, 3.63) is 12.2 Å². The van der Waals surface area contributed by atoms with Crippen molar-refractivity contribution < 1.29 is 0 Å². The second kappa shape index (κ2) is 7.09. The molecule has 0 nitrogen and oxygen atoms in total. The topological polar surface area (TPSA) is 0 Å². The molecule has 0 radical (unpaired) electrons. The van der Waals surface area contributed by atoms with E-state index in [4.69, 9.17) is 0 Å². The summed E-state index contributed by atoms with van der Waals surface area (Å²) in [6.07, 6.45) is 5.76. The van der Waals surface area contributed by atoms with Crippen LogP contribution in [0.1, 0.15) is 20.3 Å². The highest BCUT2D eigenvalue weighted by atomic mass is 32.2. The Morgan fingerprint density at radius 2 is 2.00 bits per heavy atom. The van der Waals surface area contributed by atoms with Crippen LogP contribution in [0, 0.1) is 0 Å². The van der Waals surface area contributed by atoms with Crippen molar-refractivity contribution in [3.8, 4) is 0 Å². The molecule has 0 saturated carbocycles. The number of hydrogen-bond acceptors (Lipinski definition) is 1. The van der Waals surface area contributed by atoms with Crippen molar-refractivity contribution in [2.24, 2.45) is 0 Å². The molecule has 1 heteroatoms. The van der Waals surface area contributed by atoms with E-state index in [2.05, 4.69) is 12.2 Å². The van der Waals surface area contributed by atoms with Gasteiger partial charge in [-0.3, -0.25) is 0 Å². The second-order valence-electron chi connectivity index (χ2n) is 1.33. The first-order chi connectivity index (χ1) is 4.00. The van der Waals surface area contributed by atoms with Gasteiger partial charge >= 0.3 is 0 Å². The zero-order valence-corrected chi connectivity index (χ0v) is 6.50. The second-order valence-corrected chi connectivity index (χ2v) is 2.48. The monoisotopic (exact) mass is 130 g/mol. The standard InChI is InChI=1S/C5H8S.C2H6/c1-2-4-6-5-3-1;1-2/h1-2H,3-5H2;1-2H3. The molecular weight excluding hydrogens is 116 g/mol. The van der Waals surface area contributed by atoms with Gasteiger partial charge < -0.3 is 0 Å². The molecule has 0 aromatic carbocycles. The van der Waals surface area contributed by atoms with Gasteiger partial charge in [0.05, 0.1) is 0 Å². The first-order valence-corrected chi connectivity index (χ1v) is 4.38.